The number of pyridine rings is 1. The van der Waals surface area contributed by atoms with E-state index in [1.807, 2.05) is 12.1 Å². The Morgan fingerprint density at radius 2 is 2.06 bits per heavy atom. The van der Waals surface area contributed by atoms with Crippen LogP contribution in [0, 0.1) is 0 Å². The SMILES string of the molecule is C=C(N[C@H]1C[C@H]1F)c1cnn2c(NC)cc(Nc3cccn(-c4ccc(C5CC5)nn4)c3=O)nc12. The molecular formula is C24H24FN9O. The van der Waals surface area contributed by atoms with Gasteiger partial charge in [0.25, 0.3) is 5.56 Å². The lowest BCUT2D eigenvalue weighted by molar-refractivity contribution is 0.459. The van der Waals surface area contributed by atoms with Crippen molar-refractivity contribution in [1.29, 1.82) is 0 Å². The van der Waals surface area contributed by atoms with E-state index in [0.717, 1.165) is 18.5 Å². The molecule has 0 spiro atoms. The summed E-state index contributed by atoms with van der Waals surface area (Å²) in [6, 6.07) is 8.70. The summed E-state index contributed by atoms with van der Waals surface area (Å²) in [7, 11) is 1.77. The zero-order valence-electron chi connectivity index (χ0n) is 19.1. The summed E-state index contributed by atoms with van der Waals surface area (Å²) in [6.07, 6.45) is 5.18. The van der Waals surface area contributed by atoms with Crippen LogP contribution in [0.25, 0.3) is 17.2 Å². The van der Waals surface area contributed by atoms with Gasteiger partial charge in [-0.1, -0.05) is 6.58 Å². The van der Waals surface area contributed by atoms with Crippen LogP contribution >= 0.6 is 0 Å². The lowest BCUT2D eigenvalue weighted by Gasteiger charge is -2.12. The third-order valence-corrected chi connectivity index (χ3v) is 6.25. The minimum Gasteiger partial charge on any atom is -0.379 e. The van der Waals surface area contributed by atoms with E-state index in [-0.39, 0.29) is 11.6 Å². The second-order valence-electron chi connectivity index (χ2n) is 8.86. The van der Waals surface area contributed by atoms with Gasteiger partial charge in [-0.25, -0.2) is 9.37 Å². The Morgan fingerprint density at radius 3 is 2.74 bits per heavy atom. The lowest BCUT2D eigenvalue weighted by atomic mass is 10.2. The number of hydrogen-bond acceptors (Lipinski definition) is 8. The van der Waals surface area contributed by atoms with Crippen LogP contribution in [-0.2, 0) is 0 Å². The second kappa shape index (κ2) is 8.19. The first kappa shape index (κ1) is 21.3. The number of nitrogens with zero attached hydrogens (tertiary/aromatic N) is 6. The predicted molar refractivity (Wildman–Crippen MR) is 131 cm³/mol. The maximum absolute atomic E-state index is 13.4. The summed E-state index contributed by atoms with van der Waals surface area (Å²) in [5.41, 5.74) is 2.73. The highest BCUT2D eigenvalue weighted by Gasteiger charge is 2.38. The van der Waals surface area contributed by atoms with E-state index in [0.29, 0.717) is 52.4 Å². The fraction of sp³-hybridized carbons (Fsp3) is 0.292. The standard InChI is InChI=1S/C24H24FN9O/c1-13(28-19-10-16(19)25)15-12-27-34-22(26-2)11-20(30-23(15)34)29-18-4-3-9-33(24(18)35)21-8-7-17(31-32-21)14-5-6-14/h3-4,7-9,11-12,14,16,19,26,28H,1,5-6,10H2,2H3,(H,29,30)/t16-,19+/m1/s1. The third-order valence-electron chi connectivity index (χ3n) is 6.25. The topological polar surface area (TPSA) is 114 Å². The summed E-state index contributed by atoms with van der Waals surface area (Å²) >= 11 is 0. The molecule has 11 heteroatoms. The van der Waals surface area contributed by atoms with Crippen molar-refractivity contribution >= 4 is 28.7 Å². The number of hydrogen-bond donors (Lipinski definition) is 3. The van der Waals surface area contributed by atoms with Crippen molar-refractivity contribution in [3.63, 3.8) is 0 Å². The van der Waals surface area contributed by atoms with Crippen molar-refractivity contribution in [2.45, 2.75) is 37.4 Å². The zero-order chi connectivity index (χ0) is 24.1. The average Bonchev–Trinajstić information content (AvgIpc) is 3.79. The number of rotatable bonds is 8. The summed E-state index contributed by atoms with van der Waals surface area (Å²) in [4.78, 5) is 17.9. The third kappa shape index (κ3) is 3.98. The van der Waals surface area contributed by atoms with Crippen molar-refractivity contribution in [3.05, 3.63) is 70.9 Å². The first-order valence-corrected chi connectivity index (χ1v) is 11.5. The molecule has 3 N–H and O–H groups in total. The van der Waals surface area contributed by atoms with E-state index < -0.39 is 6.17 Å². The highest BCUT2D eigenvalue weighted by molar-refractivity contribution is 5.76. The normalized spacial score (nSPS) is 18.9. The van der Waals surface area contributed by atoms with Crippen LogP contribution in [0.1, 0.15) is 36.4 Å². The molecule has 178 valence electrons. The number of halogens is 1. The minimum absolute atomic E-state index is 0.230. The molecule has 4 aromatic heterocycles. The quantitative estimate of drug-likeness (QED) is 0.358. The van der Waals surface area contributed by atoms with Crippen LogP contribution in [0.2, 0.25) is 0 Å². The molecule has 6 rings (SSSR count). The van der Waals surface area contributed by atoms with Gasteiger partial charge in [-0.15, -0.1) is 5.10 Å². The summed E-state index contributed by atoms with van der Waals surface area (Å²) in [6.45, 7) is 4.03. The molecule has 2 saturated carbocycles. The molecule has 0 amide bonds. The molecule has 4 heterocycles. The molecular weight excluding hydrogens is 449 g/mol. The second-order valence-corrected chi connectivity index (χ2v) is 8.86. The van der Waals surface area contributed by atoms with Crippen LogP contribution < -0.4 is 21.5 Å². The number of alkyl halides is 1. The maximum Gasteiger partial charge on any atom is 0.280 e. The summed E-state index contributed by atoms with van der Waals surface area (Å²) < 4.78 is 16.4. The number of aromatic nitrogens is 6. The molecule has 4 aromatic rings. The van der Waals surface area contributed by atoms with Crippen molar-refractivity contribution in [2.24, 2.45) is 0 Å². The van der Waals surface area contributed by atoms with Gasteiger partial charge in [0.15, 0.2) is 11.5 Å². The molecule has 0 unspecified atom stereocenters. The van der Waals surface area contributed by atoms with E-state index in [1.54, 1.807) is 42.2 Å². The Bertz CT molecular complexity index is 1490. The van der Waals surface area contributed by atoms with Crippen LogP contribution in [0.4, 0.5) is 21.7 Å². The monoisotopic (exact) mass is 473 g/mol. The Balaban J connectivity index is 1.32. The minimum atomic E-state index is -0.860. The highest BCUT2D eigenvalue weighted by atomic mass is 19.1. The Morgan fingerprint density at radius 1 is 1.23 bits per heavy atom. The molecule has 2 fully saturated rings. The summed E-state index contributed by atoms with van der Waals surface area (Å²) in [5.74, 6) is 2.04. The fourth-order valence-electron chi connectivity index (χ4n) is 4.00. The van der Waals surface area contributed by atoms with Crippen molar-refractivity contribution in [2.75, 3.05) is 17.7 Å². The van der Waals surface area contributed by atoms with Gasteiger partial charge >= 0.3 is 0 Å². The van der Waals surface area contributed by atoms with Gasteiger partial charge < -0.3 is 16.0 Å². The van der Waals surface area contributed by atoms with Crippen molar-refractivity contribution in [1.82, 2.24) is 34.7 Å². The summed E-state index contributed by atoms with van der Waals surface area (Å²) in [5, 5.41) is 22.2. The lowest BCUT2D eigenvalue weighted by Crippen LogP contribution is -2.21. The van der Waals surface area contributed by atoms with Crippen molar-refractivity contribution in [3.8, 4) is 5.82 Å². The van der Waals surface area contributed by atoms with Crippen LogP contribution in [0.5, 0.6) is 0 Å². The molecule has 35 heavy (non-hydrogen) atoms. The molecule has 0 aliphatic heterocycles. The van der Waals surface area contributed by atoms with Crippen LogP contribution in [0.3, 0.4) is 0 Å². The van der Waals surface area contributed by atoms with Crippen LogP contribution in [-0.4, -0.2) is 48.6 Å². The van der Waals surface area contributed by atoms with Gasteiger partial charge in [-0.3, -0.25) is 9.36 Å². The van der Waals surface area contributed by atoms with Gasteiger partial charge in [0.05, 0.1) is 23.5 Å². The molecule has 10 nitrogen and oxygen atoms in total. The molecule has 2 aliphatic rings. The molecule has 0 aromatic carbocycles. The molecule has 0 radical (unpaired) electrons. The van der Waals surface area contributed by atoms with Crippen molar-refractivity contribution < 1.29 is 4.39 Å². The van der Waals surface area contributed by atoms with E-state index in [2.05, 4.69) is 42.8 Å². The van der Waals surface area contributed by atoms with Gasteiger partial charge in [-0.2, -0.15) is 14.7 Å². The Hall–Kier alpha value is -4.28. The molecule has 2 aliphatic carbocycles. The number of anilines is 3. The molecule has 0 bridgehead atoms. The van der Waals surface area contributed by atoms with Gasteiger partial charge in [0.1, 0.15) is 23.5 Å². The van der Waals surface area contributed by atoms with E-state index in [4.69, 9.17) is 0 Å². The first-order valence-electron chi connectivity index (χ1n) is 11.5. The van der Waals surface area contributed by atoms with E-state index in [1.165, 1.54) is 4.57 Å². The van der Waals surface area contributed by atoms with E-state index >= 15 is 0 Å². The van der Waals surface area contributed by atoms with Crippen LogP contribution in [0.15, 0.2) is 54.1 Å². The number of nitrogens with one attached hydrogen (secondary N) is 3. The zero-order valence-corrected chi connectivity index (χ0v) is 19.1. The Labute approximate surface area is 199 Å². The molecule has 0 saturated heterocycles. The average molecular weight is 474 g/mol. The smallest absolute Gasteiger partial charge is 0.280 e. The first-order chi connectivity index (χ1) is 17.0. The van der Waals surface area contributed by atoms with Gasteiger partial charge in [-0.05, 0) is 37.1 Å². The van der Waals surface area contributed by atoms with Gasteiger partial charge in [0.2, 0.25) is 0 Å². The number of fused-ring (bicyclic) bond motifs is 1. The predicted octanol–water partition coefficient (Wildman–Crippen LogP) is 3.00. The largest absolute Gasteiger partial charge is 0.379 e. The van der Waals surface area contributed by atoms with E-state index in [9.17, 15) is 9.18 Å². The fourth-order valence-corrected chi connectivity index (χ4v) is 4.00. The maximum atomic E-state index is 13.4. The Kier molecular flexibility index (Phi) is 4.97. The molecule has 2 atom stereocenters. The highest BCUT2D eigenvalue weighted by Crippen LogP contribution is 2.38. The van der Waals surface area contributed by atoms with Gasteiger partial charge in [0, 0.05) is 37.3 Å².